The highest BCUT2D eigenvalue weighted by atomic mass is 31.3. The molecule has 7 rings (SSSR count). The molecule has 20 heteroatoms. The number of hydrogen-bond donors (Lipinski definition) is 5. The minimum atomic E-state index is -5.41. The topological polar surface area (TPSA) is 248 Å². The maximum absolute atomic E-state index is 12.9. The summed E-state index contributed by atoms with van der Waals surface area (Å²) in [5.41, 5.74) is 8.34. The highest BCUT2D eigenvalue weighted by Gasteiger charge is 2.49. The Morgan fingerprint density at radius 2 is 1.34 bits per heavy atom. The lowest BCUT2D eigenvalue weighted by atomic mass is 10.0. The summed E-state index contributed by atoms with van der Waals surface area (Å²) < 4.78 is 67.2. The van der Waals surface area contributed by atoms with E-state index in [2.05, 4.69) is 19.3 Å². The molecule has 17 nitrogen and oxygen atoms in total. The van der Waals surface area contributed by atoms with Crippen molar-refractivity contribution in [2.75, 3.05) is 18.2 Å². The Balaban J connectivity index is 1.24. The summed E-state index contributed by atoms with van der Waals surface area (Å²) in [5, 5.41) is 3.85. The molecule has 2 aromatic heterocycles. The number of rotatable bonds is 14. The first-order valence-corrected chi connectivity index (χ1v) is 21.1. The first kappa shape index (κ1) is 37.4. The lowest BCUT2D eigenvalue weighted by Gasteiger charge is -2.26. The number of benzene rings is 4. The van der Waals surface area contributed by atoms with Crippen molar-refractivity contribution in [2.45, 2.75) is 37.8 Å². The van der Waals surface area contributed by atoms with Crippen molar-refractivity contribution in [3.8, 4) is 0 Å². The van der Waals surface area contributed by atoms with Crippen LogP contribution in [0.4, 0.5) is 5.82 Å². The third-order valence-electron chi connectivity index (χ3n) is 8.56. The van der Waals surface area contributed by atoms with Gasteiger partial charge < -0.3 is 39.5 Å². The van der Waals surface area contributed by atoms with Gasteiger partial charge >= 0.3 is 23.0 Å². The van der Waals surface area contributed by atoms with Gasteiger partial charge in [-0.3, -0.25) is 18.2 Å². The Bertz CT molecular complexity index is 2420. The van der Waals surface area contributed by atoms with Gasteiger partial charge in [-0.25, -0.2) is 23.8 Å². The van der Waals surface area contributed by atoms with E-state index in [0.717, 1.165) is 32.7 Å². The van der Waals surface area contributed by atoms with Crippen molar-refractivity contribution in [1.82, 2.24) is 19.5 Å². The molecule has 6 aromatic rings. The maximum atomic E-state index is 12.9. The number of anilines is 1. The van der Waals surface area contributed by atoms with Crippen LogP contribution in [-0.4, -0.2) is 69.9 Å². The minimum Gasteiger partial charge on any atom is -0.382 e. The normalized spacial score (nSPS) is 21.6. The first-order chi connectivity index (χ1) is 25.3. The van der Waals surface area contributed by atoms with E-state index in [1.807, 2.05) is 84.9 Å². The SMILES string of the molecule is Nc1ncnc2c1ncn2[C@@H]1O[C@H](COP(=O)(O)OP(=O)(O)CP(=O)(O)O)[C@@H](OCc2cccc3ccccc23)[C@H]1OCc1cccc2ccccc12. The van der Waals surface area contributed by atoms with Crippen LogP contribution in [-0.2, 0) is 50.0 Å². The fraction of sp³-hybridized carbons (Fsp3) is 0.242. The summed E-state index contributed by atoms with van der Waals surface area (Å²) in [7, 11) is -15.8. The van der Waals surface area contributed by atoms with Crippen LogP contribution in [0.5, 0.6) is 0 Å². The van der Waals surface area contributed by atoms with Gasteiger partial charge in [-0.15, -0.1) is 0 Å². The summed E-state index contributed by atoms with van der Waals surface area (Å²) in [5.74, 6) is -1.58. The average Bonchev–Trinajstić information content (AvgIpc) is 3.69. The van der Waals surface area contributed by atoms with Crippen molar-refractivity contribution in [2.24, 2.45) is 0 Å². The van der Waals surface area contributed by atoms with Crippen molar-refractivity contribution < 1.29 is 56.3 Å². The molecule has 6 atom stereocenters. The third-order valence-corrected chi connectivity index (χ3v) is 13.8. The largest absolute Gasteiger partial charge is 0.479 e. The molecule has 1 fully saturated rings. The van der Waals surface area contributed by atoms with Crippen LogP contribution < -0.4 is 5.73 Å². The van der Waals surface area contributed by atoms with Gasteiger partial charge in [-0.1, -0.05) is 84.9 Å². The minimum absolute atomic E-state index is 0.0356. The second-order valence-electron chi connectivity index (χ2n) is 12.3. The summed E-state index contributed by atoms with van der Waals surface area (Å²) in [6.45, 7) is -0.638. The van der Waals surface area contributed by atoms with Gasteiger partial charge in [0.05, 0.1) is 26.1 Å². The van der Waals surface area contributed by atoms with E-state index in [4.69, 9.17) is 34.3 Å². The van der Waals surface area contributed by atoms with Gasteiger partial charge in [0.25, 0.3) is 0 Å². The molecule has 4 aromatic carbocycles. The molecule has 0 spiro atoms. The number of fused-ring (bicyclic) bond motifs is 3. The van der Waals surface area contributed by atoms with Crippen LogP contribution in [0, 0.1) is 0 Å². The molecule has 1 aliphatic rings. The van der Waals surface area contributed by atoms with Crippen LogP contribution in [0.2, 0.25) is 0 Å². The molecular weight excluding hydrogens is 751 g/mol. The van der Waals surface area contributed by atoms with Gasteiger partial charge in [0.1, 0.15) is 30.2 Å². The molecule has 0 aliphatic carbocycles. The van der Waals surface area contributed by atoms with E-state index in [1.165, 1.54) is 12.7 Å². The summed E-state index contributed by atoms with van der Waals surface area (Å²) >= 11 is 0. The van der Waals surface area contributed by atoms with E-state index >= 15 is 0 Å². The molecule has 1 aliphatic heterocycles. The van der Waals surface area contributed by atoms with Crippen LogP contribution in [0.1, 0.15) is 17.4 Å². The van der Waals surface area contributed by atoms with E-state index in [0.29, 0.717) is 5.65 Å². The van der Waals surface area contributed by atoms with Crippen LogP contribution in [0.3, 0.4) is 0 Å². The number of hydrogen-bond acceptors (Lipinski definition) is 12. The Morgan fingerprint density at radius 3 is 1.96 bits per heavy atom. The summed E-state index contributed by atoms with van der Waals surface area (Å²) in [6, 6.07) is 27.1. The molecule has 3 heterocycles. The number of phosphoric acid groups is 1. The van der Waals surface area contributed by atoms with Gasteiger partial charge in [-0.2, -0.15) is 0 Å². The zero-order chi connectivity index (χ0) is 37.4. The number of nitrogens with two attached hydrogens (primary N) is 1. The van der Waals surface area contributed by atoms with E-state index in [1.54, 1.807) is 4.57 Å². The van der Waals surface area contributed by atoms with Crippen LogP contribution in [0.25, 0.3) is 32.7 Å². The Kier molecular flexibility index (Phi) is 10.6. The molecule has 6 N–H and O–H groups in total. The number of nitrogens with zero attached hydrogens (tertiary/aromatic N) is 4. The molecule has 1 saturated heterocycles. The summed E-state index contributed by atoms with van der Waals surface area (Å²) in [6.07, 6.45) is -1.56. The Morgan fingerprint density at radius 1 is 0.755 bits per heavy atom. The number of phosphoric ester groups is 1. The highest BCUT2D eigenvalue weighted by Crippen LogP contribution is 2.65. The molecule has 0 bridgehead atoms. The van der Waals surface area contributed by atoms with Crippen molar-refractivity contribution in [3.05, 3.63) is 109 Å². The van der Waals surface area contributed by atoms with Gasteiger partial charge in [0.2, 0.25) is 0 Å². The second kappa shape index (κ2) is 15.1. The van der Waals surface area contributed by atoms with E-state index < -0.39 is 60.1 Å². The average molecular weight is 786 g/mol. The smallest absolute Gasteiger partial charge is 0.382 e. The molecule has 53 heavy (non-hydrogen) atoms. The zero-order valence-corrected chi connectivity index (χ0v) is 30.3. The first-order valence-electron chi connectivity index (χ1n) is 16.1. The van der Waals surface area contributed by atoms with Gasteiger partial charge in [0, 0.05) is 0 Å². The van der Waals surface area contributed by atoms with Gasteiger partial charge in [-0.05, 0) is 32.7 Å². The van der Waals surface area contributed by atoms with Crippen molar-refractivity contribution >= 4 is 61.5 Å². The Hall–Kier alpha value is -3.92. The molecule has 0 radical (unpaired) electrons. The number of nitrogen functional groups attached to an aromatic ring is 1. The predicted molar refractivity (Wildman–Crippen MR) is 192 cm³/mol. The monoisotopic (exact) mass is 785 g/mol. The Labute approximate surface area is 301 Å². The maximum Gasteiger partial charge on any atom is 0.479 e. The predicted octanol–water partition coefficient (Wildman–Crippen LogP) is 5.24. The van der Waals surface area contributed by atoms with Crippen LogP contribution in [0.15, 0.2) is 97.6 Å². The highest BCUT2D eigenvalue weighted by molar-refractivity contribution is 7.73. The summed E-state index contributed by atoms with van der Waals surface area (Å²) in [4.78, 5) is 51.4. The van der Waals surface area contributed by atoms with E-state index in [9.17, 15) is 23.5 Å². The van der Waals surface area contributed by atoms with E-state index in [-0.39, 0.29) is 24.5 Å². The molecule has 0 amide bonds. The van der Waals surface area contributed by atoms with Crippen molar-refractivity contribution in [1.29, 1.82) is 0 Å². The lowest BCUT2D eigenvalue weighted by molar-refractivity contribution is -0.0894. The molecule has 0 saturated carbocycles. The molecular formula is C33H34N5O12P3. The molecule has 278 valence electrons. The lowest BCUT2D eigenvalue weighted by Crippen LogP contribution is -2.38. The zero-order valence-electron chi connectivity index (χ0n) is 27.6. The fourth-order valence-corrected chi connectivity index (χ4v) is 10.7. The quantitative estimate of drug-likeness (QED) is 0.0886. The number of ether oxygens (including phenoxy) is 3. The molecule has 2 unspecified atom stereocenters. The fourth-order valence-electron chi connectivity index (χ4n) is 6.32. The van der Waals surface area contributed by atoms with Crippen molar-refractivity contribution in [3.63, 3.8) is 0 Å². The van der Waals surface area contributed by atoms with Gasteiger partial charge in [0.15, 0.2) is 23.6 Å². The number of aromatic nitrogens is 4. The third kappa shape index (κ3) is 8.58. The standard InChI is InChI=1S/C33H34N5O12P3/c34-31-28-32(36-18-35-31)38(19-37-28)33-30(47-16-24-12-6-10-22-8-2-4-14-26(22)24)29(46-15-23-11-5-9-21-7-1-3-13-25(21)23)27(49-33)17-48-53(44,45)50-52(42,43)20-51(39,40)41/h1-14,18-19,27,29-30,33H,15-17,20H2,(H,42,43)(H,44,45)(H2,34,35,36)(H2,39,40,41)/t27-,29-,30-,33-/m1/s1. The van der Waals surface area contributed by atoms with Crippen LogP contribution >= 0.6 is 23.0 Å². The second-order valence-corrected chi connectivity index (χ2v) is 17.8. The number of imidazole rings is 1.